The second-order valence-corrected chi connectivity index (χ2v) is 5.53. The second-order valence-electron chi connectivity index (χ2n) is 5.53. The Balaban J connectivity index is 1.87. The molecule has 1 fully saturated rings. The Labute approximate surface area is 121 Å². The van der Waals surface area contributed by atoms with Gasteiger partial charge in [0.15, 0.2) is 11.6 Å². The van der Waals surface area contributed by atoms with Crippen LogP contribution < -0.4 is 11.1 Å². The third-order valence-electron chi connectivity index (χ3n) is 4.21. The van der Waals surface area contributed by atoms with E-state index >= 15 is 0 Å². The summed E-state index contributed by atoms with van der Waals surface area (Å²) in [6, 6.07) is 1.83. The quantitative estimate of drug-likeness (QED) is 0.839. The van der Waals surface area contributed by atoms with Crippen LogP contribution in [0.25, 0.3) is 0 Å². The third-order valence-corrected chi connectivity index (χ3v) is 4.21. The summed E-state index contributed by atoms with van der Waals surface area (Å²) < 4.78 is 41.1. The van der Waals surface area contributed by atoms with E-state index in [2.05, 4.69) is 10.2 Å². The van der Waals surface area contributed by atoms with Gasteiger partial charge in [-0.15, -0.1) is 0 Å². The highest BCUT2D eigenvalue weighted by Crippen LogP contribution is 2.40. The van der Waals surface area contributed by atoms with Crippen molar-refractivity contribution in [2.24, 2.45) is 5.73 Å². The van der Waals surface area contributed by atoms with Gasteiger partial charge in [0.25, 0.3) is 0 Å². The van der Waals surface area contributed by atoms with Crippen molar-refractivity contribution in [3.8, 4) is 0 Å². The average Bonchev–Trinajstić information content (AvgIpc) is 3.02. The van der Waals surface area contributed by atoms with Crippen molar-refractivity contribution in [2.75, 3.05) is 19.8 Å². The van der Waals surface area contributed by atoms with Crippen LogP contribution in [0.3, 0.4) is 0 Å². The van der Waals surface area contributed by atoms with Crippen LogP contribution in [0.2, 0.25) is 0 Å². The number of nitrogens with zero attached hydrogens (tertiary/aromatic N) is 1. The molecule has 0 aliphatic carbocycles. The smallest absolute Gasteiger partial charge is 0.165 e. The van der Waals surface area contributed by atoms with Gasteiger partial charge >= 0.3 is 0 Å². The molecule has 3 N–H and O–H groups in total. The molecule has 114 valence electrons. The predicted molar refractivity (Wildman–Crippen MR) is 73.7 cm³/mol. The molecule has 0 radical (unpaired) electrons. The largest absolute Gasteiger partial charge is 0.370 e. The number of nitrogens with two attached hydrogens (primary N) is 1. The van der Waals surface area contributed by atoms with Gasteiger partial charge in [0.2, 0.25) is 0 Å². The van der Waals surface area contributed by atoms with Crippen molar-refractivity contribution in [1.82, 2.24) is 10.2 Å². The Morgan fingerprint density at radius 1 is 1.24 bits per heavy atom. The number of rotatable bonds is 4. The molecule has 3 rings (SSSR count). The molecule has 1 aromatic carbocycles. The second kappa shape index (κ2) is 5.60. The highest BCUT2D eigenvalue weighted by Gasteiger charge is 2.36. The van der Waals surface area contributed by atoms with Crippen LogP contribution in [0, 0.1) is 17.5 Å². The molecule has 21 heavy (non-hydrogen) atoms. The first-order valence-corrected chi connectivity index (χ1v) is 7.16. The average molecular weight is 297 g/mol. The summed E-state index contributed by atoms with van der Waals surface area (Å²) in [4.78, 5) is 2.07. The summed E-state index contributed by atoms with van der Waals surface area (Å²) in [6.07, 6.45) is 2.24. The number of hydrogen-bond donors (Lipinski definition) is 2. The van der Waals surface area contributed by atoms with Crippen LogP contribution in [-0.2, 0) is 0 Å². The third kappa shape index (κ3) is 2.48. The molecule has 0 bridgehead atoms. The minimum Gasteiger partial charge on any atom is -0.370 e. The van der Waals surface area contributed by atoms with Gasteiger partial charge in [-0.25, -0.2) is 13.2 Å². The highest BCUT2D eigenvalue weighted by atomic mass is 19.2. The van der Waals surface area contributed by atoms with Gasteiger partial charge in [-0.3, -0.25) is 0 Å². The normalized spacial score (nSPS) is 21.0. The van der Waals surface area contributed by atoms with Crippen molar-refractivity contribution in [2.45, 2.75) is 25.2 Å². The molecule has 1 saturated heterocycles. The van der Waals surface area contributed by atoms with Gasteiger partial charge < -0.3 is 16.0 Å². The van der Waals surface area contributed by atoms with Crippen molar-refractivity contribution in [1.29, 1.82) is 0 Å². The number of nitrogens with one attached hydrogen (secondary N) is 1. The summed E-state index contributed by atoms with van der Waals surface area (Å²) in [7, 11) is 0. The van der Waals surface area contributed by atoms with Crippen molar-refractivity contribution in [3.05, 3.63) is 46.5 Å². The summed E-state index contributed by atoms with van der Waals surface area (Å²) >= 11 is 0. The fourth-order valence-electron chi connectivity index (χ4n) is 3.19. The molecule has 0 saturated carbocycles. The summed E-state index contributed by atoms with van der Waals surface area (Å²) in [5.41, 5.74) is 7.56. The molecule has 2 aliphatic heterocycles. The van der Waals surface area contributed by atoms with E-state index < -0.39 is 17.5 Å². The zero-order valence-electron chi connectivity index (χ0n) is 11.6. The lowest BCUT2D eigenvalue weighted by Gasteiger charge is -2.15. The van der Waals surface area contributed by atoms with Crippen LogP contribution in [0.4, 0.5) is 13.2 Å². The monoisotopic (exact) mass is 297 g/mol. The topological polar surface area (TPSA) is 41.3 Å². The maximum absolute atomic E-state index is 13.9. The Morgan fingerprint density at radius 3 is 2.76 bits per heavy atom. The molecular weight excluding hydrogens is 279 g/mol. The lowest BCUT2D eigenvalue weighted by molar-refractivity contribution is 0.390. The van der Waals surface area contributed by atoms with E-state index in [9.17, 15) is 13.2 Å². The number of hydrogen-bond acceptors (Lipinski definition) is 3. The zero-order chi connectivity index (χ0) is 15.0. The van der Waals surface area contributed by atoms with Gasteiger partial charge in [-0.05, 0) is 37.9 Å². The maximum atomic E-state index is 13.9. The molecule has 6 heteroatoms. The Bertz CT molecular complexity index is 586. The molecule has 3 nitrogen and oxygen atoms in total. The summed E-state index contributed by atoms with van der Waals surface area (Å²) in [5, 5.41) is 3.29. The SMILES string of the molecule is NCCCC1=C2C[C@H](c3c(F)ccc(F)c3F)CN2CN1. The van der Waals surface area contributed by atoms with Crippen LogP contribution in [0.5, 0.6) is 0 Å². The molecule has 2 aliphatic rings. The maximum Gasteiger partial charge on any atom is 0.165 e. The first-order valence-electron chi connectivity index (χ1n) is 7.16. The molecule has 1 atom stereocenters. The molecule has 0 amide bonds. The van der Waals surface area contributed by atoms with Gasteiger partial charge in [0.05, 0.1) is 6.67 Å². The summed E-state index contributed by atoms with van der Waals surface area (Å²) in [6.45, 7) is 1.76. The van der Waals surface area contributed by atoms with E-state index in [1.165, 1.54) is 0 Å². The highest BCUT2D eigenvalue weighted by molar-refractivity contribution is 5.32. The van der Waals surface area contributed by atoms with Gasteiger partial charge in [0, 0.05) is 29.4 Å². The minimum atomic E-state index is -1.06. The Kier molecular flexibility index (Phi) is 3.80. The fraction of sp³-hybridized carbons (Fsp3) is 0.467. The fourth-order valence-corrected chi connectivity index (χ4v) is 3.19. The van der Waals surface area contributed by atoms with Gasteiger partial charge in [-0.1, -0.05) is 0 Å². The molecule has 0 spiro atoms. The lowest BCUT2D eigenvalue weighted by Crippen LogP contribution is -2.23. The standard InChI is InChI=1S/C15H18F3N3/c16-10-3-4-11(17)15(18)14(10)9-6-13-12(2-1-5-19)20-8-21(13)7-9/h3-4,9,20H,1-2,5-8,19H2/t9-/m0/s1. The zero-order valence-corrected chi connectivity index (χ0v) is 11.6. The number of benzene rings is 1. The van der Waals surface area contributed by atoms with Crippen LogP contribution in [0.1, 0.15) is 30.7 Å². The summed E-state index contributed by atoms with van der Waals surface area (Å²) in [5.74, 6) is -3.06. The first kappa shape index (κ1) is 14.3. The predicted octanol–water partition coefficient (Wildman–Crippen LogP) is 2.40. The molecule has 0 aromatic heterocycles. The van der Waals surface area contributed by atoms with E-state index in [1.54, 1.807) is 0 Å². The van der Waals surface area contributed by atoms with Crippen LogP contribution in [-0.4, -0.2) is 24.7 Å². The lowest BCUT2D eigenvalue weighted by atomic mass is 9.95. The van der Waals surface area contributed by atoms with E-state index in [0.717, 1.165) is 36.4 Å². The van der Waals surface area contributed by atoms with E-state index in [0.29, 0.717) is 26.2 Å². The van der Waals surface area contributed by atoms with Gasteiger partial charge in [0.1, 0.15) is 5.82 Å². The van der Waals surface area contributed by atoms with Crippen molar-refractivity contribution in [3.63, 3.8) is 0 Å². The number of fused-ring (bicyclic) bond motifs is 1. The molecule has 0 unspecified atom stereocenters. The number of allylic oxidation sites excluding steroid dienone is 2. The van der Waals surface area contributed by atoms with Gasteiger partial charge in [-0.2, -0.15) is 0 Å². The van der Waals surface area contributed by atoms with E-state index in [1.807, 2.05) is 0 Å². The molecule has 1 aromatic rings. The van der Waals surface area contributed by atoms with Crippen LogP contribution >= 0.6 is 0 Å². The van der Waals surface area contributed by atoms with Crippen molar-refractivity contribution < 1.29 is 13.2 Å². The minimum absolute atomic E-state index is 0.130. The Hall–Kier alpha value is -1.69. The molecular formula is C15H18F3N3. The van der Waals surface area contributed by atoms with E-state index in [4.69, 9.17) is 5.73 Å². The molecule has 2 heterocycles. The first-order chi connectivity index (χ1) is 10.1. The Morgan fingerprint density at radius 2 is 2.00 bits per heavy atom. The van der Waals surface area contributed by atoms with Crippen LogP contribution in [0.15, 0.2) is 23.5 Å². The number of halogens is 3. The van der Waals surface area contributed by atoms with E-state index in [-0.39, 0.29) is 11.5 Å². The van der Waals surface area contributed by atoms with Crippen molar-refractivity contribution >= 4 is 0 Å².